The van der Waals surface area contributed by atoms with Gasteiger partial charge in [0.2, 0.25) is 0 Å². The topological polar surface area (TPSA) is 77.5 Å². The monoisotopic (exact) mass is 307 g/mol. The van der Waals surface area contributed by atoms with Gasteiger partial charge in [0.1, 0.15) is 11.4 Å². The van der Waals surface area contributed by atoms with E-state index in [0.717, 1.165) is 4.47 Å². The van der Waals surface area contributed by atoms with E-state index in [1.165, 1.54) is 12.3 Å². The molecule has 6 heteroatoms. The van der Waals surface area contributed by atoms with Crippen molar-refractivity contribution >= 4 is 28.1 Å². The van der Waals surface area contributed by atoms with E-state index in [1.807, 2.05) is 0 Å². The minimum atomic E-state index is -0.342. The number of hydrogen-bond donors (Lipinski definition) is 3. The summed E-state index contributed by atoms with van der Waals surface area (Å²) in [4.78, 5) is 14.3. The third kappa shape index (κ3) is 2.98. The number of rotatable bonds is 3. The largest absolute Gasteiger partial charge is 0.507 e. The fourth-order valence-corrected chi connectivity index (χ4v) is 1.70. The summed E-state index contributed by atoms with van der Waals surface area (Å²) in [5, 5.41) is 13.3. The predicted octanol–water partition coefficient (Wildman–Crippen LogP) is 2.25. The lowest BCUT2D eigenvalue weighted by atomic mass is 10.2. The number of phenols is 1. The van der Waals surface area contributed by atoms with Crippen LogP contribution in [0.4, 0.5) is 0 Å². The van der Waals surface area contributed by atoms with Crippen molar-refractivity contribution in [2.45, 2.75) is 0 Å². The van der Waals surface area contributed by atoms with Crippen molar-refractivity contribution in [3.05, 3.63) is 52.3 Å². The highest BCUT2D eigenvalue weighted by Gasteiger charge is 2.03. The number of aromatic nitrogens is 1. The third-order valence-corrected chi connectivity index (χ3v) is 2.70. The Hall–Kier alpha value is -2.08. The number of benzene rings is 1. The van der Waals surface area contributed by atoms with Gasteiger partial charge in [-0.2, -0.15) is 5.10 Å². The van der Waals surface area contributed by atoms with Crippen LogP contribution in [0.25, 0.3) is 0 Å². The number of aromatic hydroxyl groups is 1. The average Bonchev–Trinajstić information content (AvgIpc) is 2.87. The van der Waals surface area contributed by atoms with Gasteiger partial charge in [0.15, 0.2) is 0 Å². The van der Waals surface area contributed by atoms with Crippen LogP contribution in [0, 0.1) is 0 Å². The number of phenolic OH excluding ortho intramolecular Hbond substituents is 1. The molecular weight excluding hydrogens is 298 g/mol. The van der Waals surface area contributed by atoms with Gasteiger partial charge in [-0.05, 0) is 30.3 Å². The fraction of sp³-hybridized carbons (Fsp3) is 0. The van der Waals surface area contributed by atoms with Crippen LogP contribution < -0.4 is 5.43 Å². The summed E-state index contributed by atoms with van der Waals surface area (Å²) in [5.41, 5.74) is 3.29. The van der Waals surface area contributed by atoms with E-state index in [0.29, 0.717) is 11.3 Å². The molecule has 5 nitrogen and oxygen atoms in total. The summed E-state index contributed by atoms with van der Waals surface area (Å²) >= 11 is 3.28. The standard InChI is InChI=1S/C12H10BrN3O2/c13-9-3-4-11(17)8(6-9)7-15-16-12(18)10-2-1-5-14-10/h1-7,14,17H,(H,16,18)/b15-7+. The summed E-state index contributed by atoms with van der Waals surface area (Å²) in [5.74, 6) is -0.248. The SMILES string of the molecule is O=C(N/N=C/c1cc(Br)ccc1O)c1ccc[nH]1. The fourth-order valence-electron chi connectivity index (χ4n) is 1.32. The Balaban J connectivity index is 2.03. The number of halogens is 1. The Morgan fingerprint density at radius 1 is 1.44 bits per heavy atom. The van der Waals surface area contributed by atoms with Gasteiger partial charge in [-0.25, -0.2) is 5.43 Å². The molecule has 1 aromatic heterocycles. The second-order valence-electron chi connectivity index (χ2n) is 3.49. The molecule has 0 saturated carbocycles. The predicted molar refractivity (Wildman–Crippen MR) is 71.7 cm³/mol. The summed E-state index contributed by atoms with van der Waals surface area (Å²) < 4.78 is 0.817. The number of carbonyl (C=O) groups is 1. The maximum absolute atomic E-state index is 11.5. The van der Waals surface area contributed by atoms with E-state index in [-0.39, 0.29) is 11.7 Å². The number of nitrogens with zero attached hydrogens (tertiary/aromatic N) is 1. The second kappa shape index (κ2) is 5.50. The highest BCUT2D eigenvalue weighted by molar-refractivity contribution is 9.10. The third-order valence-electron chi connectivity index (χ3n) is 2.20. The zero-order valence-electron chi connectivity index (χ0n) is 9.22. The molecule has 0 aliphatic heterocycles. The first-order valence-electron chi connectivity index (χ1n) is 5.12. The minimum Gasteiger partial charge on any atom is -0.507 e. The van der Waals surface area contributed by atoms with Gasteiger partial charge >= 0.3 is 0 Å². The van der Waals surface area contributed by atoms with Crippen molar-refractivity contribution in [1.82, 2.24) is 10.4 Å². The molecule has 0 saturated heterocycles. The first-order valence-corrected chi connectivity index (χ1v) is 5.91. The maximum Gasteiger partial charge on any atom is 0.287 e. The van der Waals surface area contributed by atoms with Crippen LogP contribution >= 0.6 is 15.9 Å². The summed E-state index contributed by atoms with van der Waals surface area (Å²) in [6.07, 6.45) is 3.03. The number of nitrogens with one attached hydrogen (secondary N) is 2. The molecular formula is C12H10BrN3O2. The minimum absolute atomic E-state index is 0.0936. The van der Waals surface area contributed by atoms with Crippen LogP contribution in [-0.2, 0) is 0 Å². The number of aromatic amines is 1. The summed E-state index contributed by atoms with van der Waals surface area (Å²) in [7, 11) is 0. The highest BCUT2D eigenvalue weighted by atomic mass is 79.9. The van der Waals surface area contributed by atoms with Crippen molar-refractivity contribution in [2.24, 2.45) is 5.10 Å². The Bertz CT molecular complexity index is 579. The molecule has 0 spiro atoms. The molecule has 0 unspecified atom stereocenters. The Kier molecular flexibility index (Phi) is 3.78. The molecule has 0 aliphatic rings. The van der Waals surface area contributed by atoms with Crippen molar-refractivity contribution < 1.29 is 9.90 Å². The quantitative estimate of drug-likeness (QED) is 0.601. The van der Waals surface area contributed by atoms with Gasteiger partial charge in [-0.15, -0.1) is 0 Å². The summed E-state index contributed by atoms with van der Waals surface area (Å²) in [6.45, 7) is 0. The summed E-state index contributed by atoms with van der Waals surface area (Å²) in [6, 6.07) is 8.31. The van der Waals surface area contributed by atoms with Crippen molar-refractivity contribution in [3.63, 3.8) is 0 Å². The molecule has 1 aromatic carbocycles. The van der Waals surface area contributed by atoms with Gasteiger partial charge in [0, 0.05) is 16.2 Å². The zero-order chi connectivity index (χ0) is 13.0. The average molecular weight is 308 g/mol. The molecule has 1 amide bonds. The Labute approximate surface area is 112 Å². The van der Waals surface area contributed by atoms with Gasteiger partial charge in [-0.3, -0.25) is 4.79 Å². The number of hydrogen-bond acceptors (Lipinski definition) is 3. The van der Waals surface area contributed by atoms with E-state index in [1.54, 1.807) is 30.5 Å². The molecule has 1 heterocycles. The molecule has 3 N–H and O–H groups in total. The highest BCUT2D eigenvalue weighted by Crippen LogP contribution is 2.19. The van der Waals surface area contributed by atoms with Gasteiger partial charge < -0.3 is 10.1 Å². The van der Waals surface area contributed by atoms with E-state index in [4.69, 9.17) is 0 Å². The van der Waals surface area contributed by atoms with Crippen LogP contribution in [0.2, 0.25) is 0 Å². The van der Waals surface area contributed by atoms with Crippen molar-refractivity contribution in [1.29, 1.82) is 0 Å². The van der Waals surface area contributed by atoms with Crippen molar-refractivity contribution in [3.8, 4) is 5.75 Å². The first kappa shape index (κ1) is 12.4. The zero-order valence-corrected chi connectivity index (χ0v) is 10.8. The lowest BCUT2D eigenvalue weighted by Gasteiger charge is -1.99. The van der Waals surface area contributed by atoms with Crippen LogP contribution in [0.15, 0.2) is 46.1 Å². The molecule has 92 valence electrons. The number of amides is 1. The van der Waals surface area contributed by atoms with E-state index in [2.05, 4.69) is 31.4 Å². The Morgan fingerprint density at radius 2 is 2.28 bits per heavy atom. The molecule has 0 aliphatic carbocycles. The number of H-pyrrole nitrogens is 1. The first-order chi connectivity index (χ1) is 8.66. The molecule has 2 rings (SSSR count). The van der Waals surface area contributed by atoms with Gasteiger partial charge in [0.25, 0.3) is 5.91 Å². The second-order valence-corrected chi connectivity index (χ2v) is 4.40. The number of hydrazone groups is 1. The normalized spacial score (nSPS) is 10.7. The molecule has 0 radical (unpaired) electrons. The molecule has 0 fully saturated rings. The Morgan fingerprint density at radius 3 is 3.00 bits per heavy atom. The van der Waals surface area contributed by atoms with E-state index < -0.39 is 0 Å². The molecule has 18 heavy (non-hydrogen) atoms. The van der Waals surface area contributed by atoms with Crippen LogP contribution in [-0.4, -0.2) is 22.2 Å². The van der Waals surface area contributed by atoms with Gasteiger partial charge in [0.05, 0.1) is 6.21 Å². The molecule has 0 bridgehead atoms. The van der Waals surface area contributed by atoms with E-state index >= 15 is 0 Å². The van der Waals surface area contributed by atoms with Crippen LogP contribution in [0.5, 0.6) is 5.75 Å². The molecule has 0 atom stereocenters. The smallest absolute Gasteiger partial charge is 0.287 e. The maximum atomic E-state index is 11.5. The van der Waals surface area contributed by atoms with Crippen molar-refractivity contribution in [2.75, 3.05) is 0 Å². The number of carbonyl (C=O) groups excluding carboxylic acids is 1. The van der Waals surface area contributed by atoms with Gasteiger partial charge in [-0.1, -0.05) is 15.9 Å². The van der Waals surface area contributed by atoms with Crippen LogP contribution in [0.1, 0.15) is 16.1 Å². The lowest BCUT2D eigenvalue weighted by Crippen LogP contribution is -2.17. The molecule has 2 aromatic rings. The lowest BCUT2D eigenvalue weighted by molar-refractivity contribution is 0.0951. The van der Waals surface area contributed by atoms with Crippen LogP contribution in [0.3, 0.4) is 0 Å². The van der Waals surface area contributed by atoms with E-state index in [9.17, 15) is 9.90 Å².